The van der Waals surface area contributed by atoms with Crippen molar-refractivity contribution in [1.29, 1.82) is 5.26 Å². The number of thiazole rings is 1. The summed E-state index contributed by atoms with van der Waals surface area (Å²) in [7, 11) is 0. The van der Waals surface area contributed by atoms with Crippen molar-refractivity contribution >= 4 is 39.8 Å². The van der Waals surface area contributed by atoms with Gasteiger partial charge in [0, 0.05) is 10.7 Å². The zero-order valence-electron chi connectivity index (χ0n) is 8.98. The number of nitrogens with one attached hydrogen (secondary N) is 2. The van der Waals surface area contributed by atoms with Gasteiger partial charge in [-0.3, -0.25) is 5.32 Å². The number of halogens is 1. The number of nitriles is 1. The van der Waals surface area contributed by atoms with Crippen molar-refractivity contribution in [3.8, 4) is 6.07 Å². The molecule has 0 bridgehead atoms. The summed E-state index contributed by atoms with van der Waals surface area (Å²) in [6, 6.07) is 8.25. The zero-order valence-corrected chi connectivity index (χ0v) is 10.5. The van der Waals surface area contributed by atoms with E-state index in [0.29, 0.717) is 20.7 Å². The number of aromatic nitrogens is 1. The van der Waals surface area contributed by atoms with Crippen molar-refractivity contribution in [3.05, 3.63) is 40.4 Å². The maximum atomic E-state index is 11.6. The van der Waals surface area contributed by atoms with E-state index in [9.17, 15) is 4.79 Å². The number of amides is 2. The van der Waals surface area contributed by atoms with E-state index in [1.807, 2.05) is 6.07 Å². The minimum atomic E-state index is -0.420. The van der Waals surface area contributed by atoms with Gasteiger partial charge >= 0.3 is 6.03 Å². The SMILES string of the molecule is N#Cc1cnc(NC(=O)Nc2ccc(Cl)cc2)s1. The highest BCUT2D eigenvalue weighted by atomic mass is 35.5. The van der Waals surface area contributed by atoms with Gasteiger partial charge in [0.05, 0.1) is 6.20 Å². The van der Waals surface area contributed by atoms with Crippen LogP contribution in [-0.2, 0) is 0 Å². The predicted octanol–water partition coefficient (Wildman–Crippen LogP) is 3.31. The molecule has 2 rings (SSSR count). The minimum absolute atomic E-state index is 0.373. The van der Waals surface area contributed by atoms with Crippen molar-refractivity contribution in [2.45, 2.75) is 0 Å². The van der Waals surface area contributed by atoms with E-state index in [1.54, 1.807) is 24.3 Å². The van der Waals surface area contributed by atoms with Crippen molar-refractivity contribution in [2.75, 3.05) is 10.6 Å². The molecule has 1 aromatic carbocycles. The highest BCUT2D eigenvalue weighted by Gasteiger charge is 2.06. The van der Waals surface area contributed by atoms with Crippen molar-refractivity contribution in [2.24, 2.45) is 0 Å². The summed E-state index contributed by atoms with van der Waals surface area (Å²) in [6.45, 7) is 0. The van der Waals surface area contributed by atoms with Crippen molar-refractivity contribution in [3.63, 3.8) is 0 Å². The first kappa shape index (κ1) is 12.4. The number of nitrogens with zero attached hydrogens (tertiary/aromatic N) is 2. The summed E-state index contributed by atoms with van der Waals surface area (Å²) >= 11 is 6.84. The number of hydrogen-bond acceptors (Lipinski definition) is 4. The maximum Gasteiger partial charge on any atom is 0.325 e. The summed E-state index contributed by atoms with van der Waals surface area (Å²) in [5, 5.41) is 14.7. The lowest BCUT2D eigenvalue weighted by molar-refractivity contribution is 0.262. The molecular weight excluding hydrogens is 272 g/mol. The molecule has 2 N–H and O–H groups in total. The standard InChI is InChI=1S/C11H7ClN4OS/c12-7-1-3-8(4-2-7)15-10(17)16-11-14-6-9(5-13)18-11/h1-4,6H,(H2,14,15,16,17). The van der Waals surface area contributed by atoms with E-state index in [-0.39, 0.29) is 0 Å². The minimum Gasteiger partial charge on any atom is -0.308 e. The summed E-state index contributed by atoms with van der Waals surface area (Å²) in [6.07, 6.45) is 1.41. The Balaban J connectivity index is 1.96. The highest BCUT2D eigenvalue weighted by molar-refractivity contribution is 7.16. The quantitative estimate of drug-likeness (QED) is 0.884. The second-order valence-electron chi connectivity index (χ2n) is 3.23. The van der Waals surface area contributed by atoms with Gasteiger partial charge in [-0.2, -0.15) is 5.26 Å². The smallest absolute Gasteiger partial charge is 0.308 e. The van der Waals surface area contributed by atoms with Gasteiger partial charge in [0.2, 0.25) is 0 Å². The highest BCUT2D eigenvalue weighted by Crippen LogP contribution is 2.18. The molecule has 0 aliphatic carbocycles. The first-order chi connectivity index (χ1) is 8.67. The van der Waals surface area contributed by atoms with E-state index >= 15 is 0 Å². The molecule has 18 heavy (non-hydrogen) atoms. The lowest BCUT2D eigenvalue weighted by Gasteiger charge is -2.04. The fourth-order valence-electron chi connectivity index (χ4n) is 1.18. The molecular formula is C11H7ClN4OS. The number of rotatable bonds is 2. The van der Waals surface area contributed by atoms with E-state index in [1.165, 1.54) is 6.20 Å². The molecule has 5 nitrogen and oxygen atoms in total. The number of urea groups is 1. The van der Waals surface area contributed by atoms with Gasteiger partial charge < -0.3 is 5.32 Å². The van der Waals surface area contributed by atoms with E-state index in [2.05, 4.69) is 15.6 Å². The third-order valence-electron chi connectivity index (χ3n) is 1.94. The van der Waals surface area contributed by atoms with Crippen LogP contribution in [0.3, 0.4) is 0 Å². The molecule has 1 aromatic heterocycles. The third-order valence-corrected chi connectivity index (χ3v) is 3.01. The fourth-order valence-corrected chi connectivity index (χ4v) is 1.91. The summed E-state index contributed by atoms with van der Waals surface area (Å²) in [5.74, 6) is 0. The number of benzene rings is 1. The zero-order chi connectivity index (χ0) is 13.0. The van der Waals surface area contributed by atoms with Gasteiger partial charge in [0.25, 0.3) is 0 Å². The van der Waals surface area contributed by atoms with Crippen molar-refractivity contribution in [1.82, 2.24) is 4.98 Å². The third kappa shape index (κ3) is 3.20. The fraction of sp³-hybridized carbons (Fsp3) is 0. The predicted molar refractivity (Wildman–Crippen MR) is 70.9 cm³/mol. The van der Waals surface area contributed by atoms with Gasteiger partial charge in [-0.25, -0.2) is 9.78 Å². The number of hydrogen-bond donors (Lipinski definition) is 2. The van der Waals surface area contributed by atoms with Crippen LogP contribution in [-0.4, -0.2) is 11.0 Å². The first-order valence-electron chi connectivity index (χ1n) is 4.87. The van der Waals surface area contributed by atoms with Crippen LogP contribution < -0.4 is 10.6 Å². The second kappa shape index (κ2) is 5.49. The summed E-state index contributed by atoms with van der Waals surface area (Å²) < 4.78 is 0. The molecule has 0 spiro atoms. The van der Waals surface area contributed by atoms with E-state index in [0.717, 1.165) is 11.3 Å². The van der Waals surface area contributed by atoms with Gasteiger partial charge in [0.15, 0.2) is 5.13 Å². The van der Waals surface area contributed by atoms with Crippen LogP contribution in [0.4, 0.5) is 15.6 Å². The molecule has 0 radical (unpaired) electrons. The van der Waals surface area contributed by atoms with Gasteiger partial charge in [-0.05, 0) is 24.3 Å². The Bertz CT molecular complexity index is 602. The average Bonchev–Trinajstić information content (AvgIpc) is 2.79. The topological polar surface area (TPSA) is 77.8 Å². The molecule has 90 valence electrons. The number of carbonyl (C=O) groups is 1. The maximum absolute atomic E-state index is 11.6. The molecule has 2 amide bonds. The summed E-state index contributed by atoms with van der Waals surface area (Å²) in [5.41, 5.74) is 0.619. The van der Waals surface area contributed by atoms with Gasteiger partial charge in [-0.15, -0.1) is 0 Å². The molecule has 0 saturated carbocycles. The molecule has 1 heterocycles. The van der Waals surface area contributed by atoms with Crippen LogP contribution in [0.15, 0.2) is 30.5 Å². The molecule has 0 aliphatic rings. The van der Waals surface area contributed by atoms with Crippen LogP contribution in [0.1, 0.15) is 4.88 Å². The van der Waals surface area contributed by atoms with E-state index in [4.69, 9.17) is 16.9 Å². The van der Waals surface area contributed by atoms with Crippen LogP contribution in [0.5, 0.6) is 0 Å². The number of anilines is 2. The lowest BCUT2D eigenvalue weighted by atomic mass is 10.3. The monoisotopic (exact) mass is 278 g/mol. The molecule has 0 unspecified atom stereocenters. The van der Waals surface area contributed by atoms with Crippen molar-refractivity contribution < 1.29 is 4.79 Å². The first-order valence-corrected chi connectivity index (χ1v) is 6.06. The molecule has 0 fully saturated rings. The lowest BCUT2D eigenvalue weighted by Crippen LogP contribution is -2.19. The van der Waals surface area contributed by atoms with E-state index < -0.39 is 6.03 Å². The molecule has 7 heteroatoms. The van der Waals surface area contributed by atoms with Gasteiger partial charge in [0.1, 0.15) is 10.9 Å². The Hall–Kier alpha value is -2.10. The Morgan fingerprint density at radius 2 is 2.06 bits per heavy atom. The Kier molecular flexibility index (Phi) is 3.77. The second-order valence-corrected chi connectivity index (χ2v) is 4.69. The van der Waals surface area contributed by atoms with Crippen LogP contribution in [0.2, 0.25) is 5.02 Å². The largest absolute Gasteiger partial charge is 0.325 e. The Labute approximate surface area is 112 Å². The molecule has 0 saturated heterocycles. The summed E-state index contributed by atoms with van der Waals surface area (Å²) in [4.78, 5) is 15.9. The van der Waals surface area contributed by atoms with Crippen LogP contribution in [0.25, 0.3) is 0 Å². The molecule has 0 atom stereocenters. The average molecular weight is 279 g/mol. The van der Waals surface area contributed by atoms with Crippen LogP contribution >= 0.6 is 22.9 Å². The van der Waals surface area contributed by atoms with Gasteiger partial charge in [-0.1, -0.05) is 22.9 Å². The Morgan fingerprint density at radius 1 is 1.33 bits per heavy atom. The molecule has 2 aromatic rings. The van der Waals surface area contributed by atoms with Crippen LogP contribution in [0, 0.1) is 11.3 Å². The normalized spacial score (nSPS) is 9.56. The Morgan fingerprint density at radius 3 is 2.67 bits per heavy atom. The molecule has 0 aliphatic heterocycles. The number of carbonyl (C=O) groups excluding carboxylic acids is 1.